The molecule has 0 aliphatic heterocycles. The molecule has 0 amide bonds. The molecule has 0 radical (unpaired) electrons. The molecular formula is C20H25N. The van der Waals surface area contributed by atoms with Gasteiger partial charge in [-0.1, -0.05) is 67.9 Å². The Morgan fingerprint density at radius 1 is 1.10 bits per heavy atom. The standard InChI is InChI=1S/C20H25N/c1-14-8-7-10-16(12-14)15(2)21-19-18-11-6-5-9-17(18)13-20(19,3)4/h5-12,15,19,21H,13H2,1-4H3/t15-,19?/m0/s1. The van der Waals surface area contributed by atoms with E-state index in [0.29, 0.717) is 12.1 Å². The number of hydrogen-bond acceptors (Lipinski definition) is 1. The molecule has 0 spiro atoms. The highest BCUT2D eigenvalue weighted by molar-refractivity contribution is 5.38. The van der Waals surface area contributed by atoms with Crippen molar-refractivity contribution in [2.24, 2.45) is 5.41 Å². The summed E-state index contributed by atoms with van der Waals surface area (Å²) in [5, 5.41) is 3.87. The summed E-state index contributed by atoms with van der Waals surface area (Å²) < 4.78 is 0. The van der Waals surface area contributed by atoms with Crippen molar-refractivity contribution in [2.75, 3.05) is 0 Å². The van der Waals surface area contributed by atoms with E-state index in [9.17, 15) is 0 Å². The lowest BCUT2D eigenvalue weighted by atomic mass is 9.84. The van der Waals surface area contributed by atoms with Gasteiger partial charge in [0.1, 0.15) is 0 Å². The first-order chi connectivity index (χ1) is 9.97. The summed E-state index contributed by atoms with van der Waals surface area (Å²) in [4.78, 5) is 0. The van der Waals surface area contributed by atoms with Gasteiger partial charge in [-0.2, -0.15) is 0 Å². The molecule has 2 aromatic carbocycles. The average molecular weight is 279 g/mol. The third-order valence-electron chi connectivity index (χ3n) is 4.75. The summed E-state index contributed by atoms with van der Waals surface area (Å²) in [7, 11) is 0. The molecule has 0 fully saturated rings. The van der Waals surface area contributed by atoms with E-state index in [-0.39, 0.29) is 5.41 Å². The Balaban J connectivity index is 1.87. The maximum absolute atomic E-state index is 3.87. The van der Waals surface area contributed by atoms with Crippen molar-refractivity contribution >= 4 is 0 Å². The van der Waals surface area contributed by atoms with Crippen molar-refractivity contribution in [3.8, 4) is 0 Å². The summed E-state index contributed by atoms with van der Waals surface area (Å²) in [5.74, 6) is 0. The smallest absolute Gasteiger partial charge is 0.0382 e. The predicted molar refractivity (Wildman–Crippen MR) is 89.4 cm³/mol. The van der Waals surface area contributed by atoms with Crippen LogP contribution in [0.5, 0.6) is 0 Å². The second kappa shape index (κ2) is 5.31. The third-order valence-corrected chi connectivity index (χ3v) is 4.75. The second-order valence-corrected chi connectivity index (χ2v) is 7.10. The van der Waals surface area contributed by atoms with Crippen molar-refractivity contribution in [3.05, 3.63) is 70.8 Å². The molecule has 1 nitrogen and oxygen atoms in total. The van der Waals surface area contributed by atoms with Gasteiger partial charge in [0.25, 0.3) is 0 Å². The number of aryl methyl sites for hydroxylation is 1. The Hall–Kier alpha value is -1.60. The molecule has 2 aromatic rings. The van der Waals surface area contributed by atoms with Gasteiger partial charge >= 0.3 is 0 Å². The van der Waals surface area contributed by atoms with Crippen LogP contribution in [0.3, 0.4) is 0 Å². The van der Waals surface area contributed by atoms with E-state index in [1.165, 1.54) is 22.3 Å². The Morgan fingerprint density at radius 2 is 1.86 bits per heavy atom. The van der Waals surface area contributed by atoms with Gasteiger partial charge in [0, 0.05) is 12.1 Å². The molecule has 1 heteroatoms. The highest BCUT2D eigenvalue weighted by atomic mass is 15.0. The van der Waals surface area contributed by atoms with Crippen LogP contribution in [0, 0.1) is 12.3 Å². The fourth-order valence-electron chi connectivity index (χ4n) is 3.59. The predicted octanol–water partition coefficient (Wildman–Crippen LogP) is 4.97. The normalized spacial score (nSPS) is 21.0. The van der Waals surface area contributed by atoms with E-state index in [1.54, 1.807) is 0 Å². The zero-order chi connectivity index (χ0) is 15.0. The van der Waals surface area contributed by atoms with Gasteiger partial charge in [0.05, 0.1) is 0 Å². The van der Waals surface area contributed by atoms with E-state index in [0.717, 1.165) is 6.42 Å². The number of hydrogen-bond donors (Lipinski definition) is 1. The van der Waals surface area contributed by atoms with Gasteiger partial charge in [-0.05, 0) is 42.4 Å². The number of rotatable bonds is 3. The van der Waals surface area contributed by atoms with Crippen LogP contribution in [-0.4, -0.2) is 0 Å². The fraction of sp³-hybridized carbons (Fsp3) is 0.400. The summed E-state index contributed by atoms with van der Waals surface area (Å²) in [6.07, 6.45) is 1.15. The van der Waals surface area contributed by atoms with E-state index >= 15 is 0 Å². The Morgan fingerprint density at radius 3 is 2.62 bits per heavy atom. The van der Waals surface area contributed by atoms with Gasteiger partial charge in [0.2, 0.25) is 0 Å². The largest absolute Gasteiger partial charge is 0.303 e. The van der Waals surface area contributed by atoms with Crippen molar-refractivity contribution in [3.63, 3.8) is 0 Å². The summed E-state index contributed by atoms with van der Waals surface area (Å²) in [6.45, 7) is 9.16. The first-order valence-electron chi connectivity index (χ1n) is 7.88. The van der Waals surface area contributed by atoms with Crippen molar-refractivity contribution in [1.82, 2.24) is 5.32 Å². The maximum Gasteiger partial charge on any atom is 0.0382 e. The lowest BCUT2D eigenvalue weighted by Gasteiger charge is -2.31. The number of nitrogens with one attached hydrogen (secondary N) is 1. The maximum atomic E-state index is 3.87. The Kier molecular flexibility index (Phi) is 3.62. The Bertz CT molecular complexity index is 642. The van der Waals surface area contributed by atoms with Gasteiger partial charge in [-0.25, -0.2) is 0 Å². The minimum atomic E-state index is 0.266. The summed E-state index contributed by atoms with van der Waals surface area (Å²) in [5.41, 5.74) is 5.93. The lowest BCUT2D eigenvalue weighted by molar-refractivity contribution is 0.252. The van der Waals surface area contributed by atoms with Crippen LogP contribution in [-0.2, 0) is 6.42 Å². The molecule has 1 N–H and O–H groups in total. The van der Waals surface area contributed by atoms with Crippen molar-refractivity contribution in [1.29, 1.82) is 0 Å². The third kappa shape index (κ3) is 2.75. The molecule has 2 atom stereocenters. The molecule has 0 saturated carbocycles. The molecule has 1 aliphatic carbocycles. The van der Waals surface area contributed by atoms with Gasteiger partial charge in [-0.3, -0.25) is 0 Å². The Labute approximate surface area is 128 Å². The second-order valence-electron chi connectivity index (χ2n) is 7.10. The van der Waals surface area contributed by atoms with Crippen LogP contribution >= 0.6 is 0 Å². The quantitative estimate of drug-likeness (QED) is 0.836. The highest BCUT2D eigenvalue weighted by Gasteiger charge is 2.39. The van der Waals surface area contributed by atoms with Gasteiger partial charge in [-0.15, -0.1) is 0 Å². The molecule has 0 saturated heterocycles. The zero-order valence-electron chi connectivity index (χ0n) is 13.5. The molecule has 1 aliphatic rings. The van der Waals surface area contributed by atoms with E-state index < -0.39 is 0 Å². The number of fused-ring (bicyclic) bond motifs is 1. The number of benzene rings is 2. The zero-order valence-corrected chi connectivity index (χ0v) is 13.5. The van der Waals surface area contributed by atoms with Crippen molar-refractivity contribution < 1.29 is 0 Å². The van der Waals surface area contributed by atoms with Crippen LogP contribution in [0.4, 0.5) is 0 Å². The lowest BCUT2D eigenvalue weighted by Crippen LogP contribution is -2.33. The summed E-state index contributed by atoms with van der Waals surface area (Å²) in [6, 6.07) is 18.5. The molecule has 21 heavy (non-hydrogen) atoms. The molecular weight excluding hydrogens is 254 g/mol. The average Bonchev–Trinajstić information content (AvgIpc) is 2.69. The first kappa shape index (κ1) is 14.3. The van der Waals surface area contributed by atoms with E-state index in [4.69, 9.17) is 0 Å². The van der Waals surface area contributed by atoms with Crippen LogP contribution in [0.1, 0.15) is 55.1 Å². The molecule has 0 heterocycles. The summed E-state index contributed by atoms with van der Waals surface area (Å²) >= 11 is 0. The molecule has 0 bridgehead atoms. The monoisotopic (exact) mass is 279 g/mol. The van der Waals surface area contributed by atoms with Gasteiger partial charge < -0.3 is 5.32 Å². The molecule has 3 rings (SSSR count). The highest BCUT2D eigenvalue weighted by Crippen LogP contribution is 2.45. The molecule has 0 aromatic heterocycles. The van der Waals surface area contributed by atoms with E-state index in [1.807, 2.05) is 0 Å². The van der Waals surface area contributed by atoms with Crippen LogP contribution < -0.4 is 5.32 Å². The van der Waals surface area contributed by atoms with Crippen LogP contribution in [0.2, 0.25) is 0 Å². The topological polar surface area (TPSA) is 12.0 Å². The van der Waals surface area contributed by atoms with Crippen LogP contribution in [0.25, 0.3) is 0 Å². The van der Waals surface area contributed by atoms with Crippen molar-refractivity contribution in [2.45, 2.75) is 46.2 Å². The molecule has 1 unspecified atom stereocenters. The van der Waals surface area contributed by atoms with E-state index in [2.05, 4.69) is 81.5 Å². The first-order valence-corrected chi connectivity index (χ1v) is 7.88. The fourth-order valence-corrected chi connectivity index (χ4v) is 3.59. The van der Waals surface area contributed by atoms with Crippen LogP contribution in [0.15, 0.2) is 48.5 Å². The minimum Gasteiger partial charge on any atom is -0.303 e. The molecule has 110 valence electrons. The minimum absolute atomic E-state index is 0.266. The SMILES string of the molecule is Cc1cccc([C@H](C)NC2c3ccccc3CC2(C)C)c1. The van der Waals surface area contributed by atoms with Gasteiger partial charge in [0.15, 0.2) is 0 Å².